The molecule has 0 amide bonds. The van der Waals surface area contributed by atoms with Crippen molar-refractivity contribution < 1.29 is 24.0 Å². The molecule has 0 rings (SSSR count). The maximum Gasteiger partial charge on any atom is 0.289 e. The van der Waals surface area contributed by atoms with Crippen LogP contribution in [0.3, 0.4) is 0 Å². The van der Waals surface area contributed by atoms with Gasteiger partial charge < -0.3 is 4.85 Å². The molecule has 0 aromatic heterocycles. The second-order valence-corrected chi connectivity index (χ2v) is 2.63. The van der Waals surface area contributed by atoms with Crippen LogP contribution in [0.25, 0.3) is 4.85 Å². The Morgan fingerprint density at radius 1 is 1.00 bits per heavy atom. The first-order valence-corrected chi connectivity index (χ1v) is 4.24. The summed E-state index contributed by atoms with van der Waals surface area (Å²) in [6, 6.07) is -1.44. The number of allylic oxidation sites excluding steroid dienone is 2. The van der Waals surface area contributed by atoms with E-state index in [0.717, 1.165) is 0 Å². The summed E-state index contributed by atoms with van der Waals surface area (Å²) in [5.41, 5.74) is -1.88. The van der Waals surface area contributed by atoms with Crippen molar-refractivity contribution in [2.24, 2.45) is 0 Å². The minimum absolute atomic E-state index is 0.552. The molecule has 6 nitrogen and oxygen atoms in total. The molecule has 0 spiro atoms. The topological polar surface area (TPSA) is 89.7 Å². The van der Waals surface area contributed by atoms with E-state index >= 15 is 0 Å². The van der Waals surface area contributed by atoms with E-state index in [4.69, 9.17) is 6.57 Å². The third kappa shape index (κ3) is 3.40. The normalized spacial score (nSPS) is 8.83. The van der Waals surface area contributed by atoms with Crippen LogP contribution in [0, 0.1) is 6.57 Å². The second kappa shape index (κ2) is 7.96. The van der Waals surface area contributed by atoms with Gasteiger partial charge in [-0.05, 0) is 0 Å². The van der Waals surface area contributed by atoms with Crippen LogP contribution < -0.4 is 0 Å². The molecule has 0 aliphatic rings. The van der Waals surface area contributed by atoms with Crippen LogP contribution in [0.1, 0.15) is 0 Å². The molecule has 6 heteroatoms. The second-order valence-electron chi connectivity index (χ2n) is 2.63. The summed E-state index contributed by atoms with van der Waals surface area (Å²) in [6.45, 7) is 6.74. The summed E-state index contributed by atoms with van der Waals surface area (Å²) >= 11 is 0. The van der Waals surface area contributed by atoms with Gasteiger partial charge in [0.25, 0.3) is 6.04 Å². The summed E-state index contributed by atoms with van der Waals surface area (Å²) in [6.07, 6.45) is 1.22. The van der Waals surface area contributed by atoms with Crippen LogP contribution in [-0.2, 0) is 24.0 Å². The van der Waals surface area contributed by atoms with Gasteiger partial charge in [0.1, 0.15) is 40.9 Å². The molecule has 0 saturated carbocycles. The number of hydrogen-bond acceptors (Lipinski definition) is 5. The molecule has 0 bridgehead atoms. The lowest BCUT2D eigenvalue weighted by Crippen LogP contribution is -2.09. The van der Waals surface area contributed by atoms with E-state index in [2.05, 4.69) is 4.85 Å². The molecule has 0 aliphatic heterocycles. The Hall–Kier alpha value is -3.26. The van der Waals surface area contributed by atoms with Crippen molar-refractivity contribution in [3.63, 3.8) is 0 Å². The summed E-state index contributed by atoms with van der Waals surface area (Å²) < 4.78 is 0. The van der Waals surface area contributed by atoms with Crippen molar-refractivity contribution in [3.8, 4) is 0 Å². The van der Waals surface area contributed by atoms with Crippen molar-refractivity contribution in [1.82, 2.24) is 0 Å². The Kier molecular flexibility index (Phi) is 6.52. The van der Waals surface area contributed by atoms with Crippen molar-refractivity contribution >= 4 is 29.7 Å². The molecule has 1 atom stereocenters. The third-order valence-corrected chi connectivity index (χ3v) is 1.72. The Bertz CT molecular complexity index is 634. The standard InChI is InChI=1S/C12H3NO5/c1-13-12(3-5-15)11(8-18)10(7-17)9(6-16)2-4-14/h2-3,12H. The largest absolute Gasteiger partial charge is 0.302 e. The Balaban J connectivity index is 6.00. The van der Waals surface area contributed by atoms with Gasteiger partial charge in [-0.3, -0.25) is 0 Å². The molecular formula is C12H3NO5. The highest BCUT2D eigenvalue weighted by Crippen LogP contribution is 2.19. The zero-order chi connectivity index (χ0) is 14.0. The molecule has 1 unspecified atom stereocenters. The highest BCUT2D eigenvalue weighted by molar-refractivity contribution is 5.88. The SMILES string of the molecule is [C-]#[N+]C(C=C=O)C(=C=O)C(=C=O)C(=C=O)C=C=O. The number of rotatable bonds is 5. The van der Waals surface area contributed by atoms with Gasteiger partial charge in [0.2, 0.25) is 0 Å². The van der Waals surface area contributed by atoms with E-state index in [1.54, 1.807) is 0 Å². The van der Waals surface area contributed by atoms with E-state index in [0.29, 0.717) is 12.2 Å². The molecule has 0 fully saturated rings. The smallest absolute Gasteiger partial charge is 0.289 e. The van der Waals surface area contributed by atoms with Crippen LogP contribution in [0.2, 0.25) is 0 Å². The van der Waals surface area contributed by atoms with E-state index in [1.165, 1.54) is 29.7 Å². The molecule has 0 saturated heterocycles. The monoisotopic (exact) mass is 241 g/mol. The minimum Gasteiger partial charge on any atom is -0.302 e. The molecule has 0 aliphatic carbocycles. The molecule has 86 valence electrons. The van der Waals surface area contributed by atoms with E-state index < -0.39 is 22.8 Å². The summed E-state index contributed by atoms with van der Waals surface area (Å²) in [5, 5.41) is 0. The predicted octanol–water partition coefficient (Wildman–Crippen LogP) is -0.676. The van der Waals surface area contributed by atoms with E-state index in [1.807, 2.05) is 0 Å². The average Bonchev–Trinajstić information content (AvgIpc) is 2.40. The lowest BCUT2D eigenvalue weighted by molar-refractivity contribution is 0.561. The van der Waals surface area contributed by atoms with Crippen molar-refractivity contribution in [2.75, 3.05) is 0 Å². The molecule has 0 radical (unpaired) electrons. The molecular weight excluding hydrogens is 238 g/mol. The molecule has 0 N–H and O–H groups in total. The lowest BCUT2D eigenvalue weighted by Gasteiger charge is -2.00. The molecule has 18 heavy (non-hydrogen) atoms. The Labute approximate surface area is 101 Å². The van der Waals surface area contributed by atoms with Crippen LogP contribution >= 0.6 is 0 Å². The maximum absolute atomic E-state index is 10.7. The molecule has 0 aromatic carbocycles. The van der Waals surface area contributed by atoms with E-state index in [-0.39, 0.29) is 0 Å². The fourth-order valence-electron chi connectivity index (χ4n) is 0.976. The number of hydrogen-bond donors (Lipinski definition) is 0. The Morgan fingerprint density at radius 3 is 2.00 bits per heavy atom. The van der Waals surface area contributed by atoms with Crippen molar-refractivity contribution in [2.45, 2.75) is 6.04 Å². The van der Waals surface area contributed by atoms with Gasteiger partial charge in [-0.2, -0.15) is 0 Å². The Morgan fingerprint density at radius 2 is 1.67 bits per heavy atom. The first kappa shape index (κ1) is 14.7. The van der Waals surface area contributed by atoms with Gasteiger partial charge in [-0.15, -0.1) is 0 Å². The first-order chi connectivity index (χ1) is 8.69. The zero-order valence-corrected chi connectivity index (χ0v) is 8.72. The van der Waals surface area contributed by atoms with Gasteiger partial charge in [0.15, 0.2) is 0 Å². The fourth-order valence-corrected chi connectivity index (χ4v) is 0.976. The number of nitrogens with zero attached hydrogens (tertiary/aromatic N) is 1. The van der Waals surface area contributed by atoms with E-state index in [9.17, 15) is 24.0 Å². The maximum atomic E-state index is 10.7. The van der Waals surface area contributed by atoms with Crippen LogP contribution in [-0.4, -0.2) is 35.7 Å². The summed E-state index contributed by atoms with van der Waals surface area (Å²) in [7, 11) is 0. The highest BCUT2D eigenvalue weighted by atomic mass is 16.1. The van der Waals surface area contributed by atoms with Crippen molar-refractivity contribution in [3.05, 3.63) is 40.3 Å². The zero-order valence-electron chi connectivity index (χ0n) is 8.72. The molecule has 0 heterocycles. The van der Waals surface area contributed by atoms with Crippen LogP contribution in [0.5, 0.6) is 0 Å². The minimum atomic E-state index is -1.44. The van der Waals surface area contributed by atoms with Crippen LogP contribution in [0.4, 0.5) is 0 Å². The van der Waals surface area contributed by atoms with Crippen LogP contribution in [0.15, 0.2) is 28.9 Å². The summed E-state index contributed by atoms with van der Waals surface area (Å²) in [5.74, 6) is 6.20. The fraction of sp³-hybridized carbons (Fsp3) is 0.0833. The lowest BCUT2D eigenvalue weighted by atomic mass is 9.96. The van der Waals surface area contributed by atoms with Gasteiger partial charge in [0.05, 0.1) is 11.6 Å². The average molecular weight is 241 g/mol. The van der Waals surface area contributed by atoms with Gasteiger partial charge in [0, 0.05) is 6.08 Å². The third-order valence-electron chi connectivity index (χ3n) is 1.72. The predicted molar refractivity (Wildman–Crippen MR) is 58.5 cm³/mol. The van der Waals surface area contributed by atoms with Gasteiger partial charge in [-0.1, -0.05) is 0 Å². The van der Waals surface area contributed by atoms with Gasteiger partial charge in [-0.25, -0.2) is 30.5 Å². The number of carbonyl (C=O) groups excluding carboxylic acids is 5. The van der Waals surface area contributed by atoms with Crippen molar-refractivity contribution in [1.29, 1.82) is 0 Å². The first-order valence-electron chi connectivity index (χ1n) is 4.24. The molecule has 0 aromatic rings. The van der Waals surface area contributed by atoms with Gasteiger partial charge >= 0.3 is 0 Å². The summed E-state index contributed by atoms with van der Waals surface area (Å²) in [4.78, 5) is 55.0. The quantitative estimate of drug-likeness (QED) is 0.361. The highest BCUT2D eigenvalue weighted by Gasteiger charge is 2.25.